The second kappa shape index (κ2) is 5.34. The van der Waals surface area contributed by atoms with E-state index in [1.165, 1.54) is 18.9 Å². The van der Waals surface area contributed by atoms with Crippen LogP contribution in [0.5, 0.6) is 0 Å². The molecule has 3 nitrogen and oxygen atoms in total. The molecule has 1 fully saturated rings. The van der Waals surface area contributed by atoms with Crippen LogP contribution in [-0.4, -0.2) is 17.6 Å². The molecule has 1 aliphatic rings. The van der Waals surface area contributed by atoms with Crippen molar-refractivity contribution in [3.05, 3.63) is 29.3 Å². The number of halogens is 3. The van der Waals surface area contributed by atoms with E-state index in [2.05, 4.69) is 12.2 Å². The molecule has 2 N–H and O–H groups in total. The Labute approximate surface area is 114 Å². The van der Waals surface area contributed by atoms with Gasteiger partial charge in [-0.2, -0.15) is 13.2 Å². The lowest BCUT2D eigenvalue weighted by molar-refractivity contribution is -0.138. The lowest BCUT2D eigenvalue weighted by atomic mass is 10.0. The maximum Gasteiger partial charge on any atom is 0.417 e. The molecule has 1 atom stereocenters. The minimum absolute atomic E-state index is 0.301. The average molecular weight is 287 g/mol. The molecule has 0 amide bonds. The van der Waals surface area contributed by atoms with Gasteiger partial charge in [0.15, 0.2) is 0 Å². The number of carboxylic acids is 1. The van der Waals surface area contributed by atoms with Crippen molar-refractivity contribution in [3.8, 4) is 0 Å². The summed E-state index contributed by atoms with van der Waals surface area (Å²) in [5.41, 5.74) is -1.54. The molecule has 1 aromatic rings. The predicted molar refractivity (Wildman–Crippen MR) is 68.8 cm³/mol. The van der Waals surface area contributed by atoms with Gasteiger partial charge in [-0.1, -0.05) is 6.92 Å². The van der Waals surface area contributed by atoms with Gasteiger partial charge in [-0.15, -0.1) is 0 Å². The predicted octanol–water partition coefficient (Wildman–Crippen LogP) is 3.86. The molecule has 0 bridgehead atoms. The molecule has 1 aromatic carbocycles. The average Bonchev–Trinajstić information content (AvgIpc) is 3.18. The molecular weight excluding hydrogens is 271 g/mol. The third kappa shape index (κ3) is 3.43. The number of nitrogens with one attached hydrogen (secondary N) is 1. The largest absolute Gasteiger partial charge is 0.478 e. The van der Waals surface area contributed by atoms with Crippen LogP contribution in [-0.2, 0) is 6.18 Å². The number of hydrogen-bond acceptors (Lipinski definition) is 2. The zero-order valence-electron chi connectivity index (χ0n) is 11.0. The Kier molecular flexibility index (Phi) is 3.92. The van der Waals surface area contributed by atoms with Crippen molar-refractivity contribution in [3.63, 3.8) is 0 Å². The van der Waals surface area contributed by atoms with Gasteiger partial charge in [0.05, 0.1) is 11.1 Å². The Morgan fingerprint density at radius 3 is 2.60 bits per heavy atom. The summed E-state index contributed by atoms with van der Waals surface area (Å²) < 4.78 is 38.5. The number of rotatable bonds is 5. The molecule has 1 unspecified atom stereocenters. The molecule has 0 aromatic heterocycles. The van der Waals surface area contributed by atoms with E-state index in [0.717, 1.165) is 12.1 Å². The zero-order chi connectivity index (χ0) is 14.9. The van der Waals surface area contributed by atoms with Crippen molar-refractivity contribution in [1.82, 2.24) is 0 Å². The van der Waals surface area contributed by atoms with E-state index < -0.39 is 23.3 Å². The summed E-state index contributed by atoms with van der Waals surface area (Å²) in [7, 11) is 0. The number of benzene rings is 1. The second-order valence-electron chi connectivity index (χ2n) is 5.26. The van der Waals surface area contributed by atoms with Gasteiger partial charge in [0, 0.05) is 12.2 Å². The first-order valence-electron chi connectivity index (χ1n) is 6.47. The Balaban J connectivity index is 2.16. The first-order valence-corrected chi connectivity index (χ1v) is 6.47. The van der Waals surface area contributed by atoms with Crippen LogP contribution >= 0.6 is 0 Å². The molecule has 20 heavy (non-hydrogen) atoms. The van der Waals surface area contributed by atoms with Gasteiger partial charge in [0.2, 0.25) is 0 Å². The Morgan fingerprint density at radius 1 is 1.45 bits per heavy atom. The van der Waals surface area contributed by atoms with Crippen molar-refractivity contribution >= 4 is 11.7 Å². The van der Waals surface area contributed by atoms with Crippen LogP contribution in [0.15, 0.2) is 18.2 Å². The summed E-state index contributed by atoms with van der Waals surface area (Å²) in [5, 5.41) is 11.8. The van der Waals surface area contributed by atoms with Crippen molar-refractivity contribution in [2.24, 2.45) is 11.8 Å². The fraction of sp³-hybridized carbons (Fsp3) is 0.500. The number of aromatic carboxylic acids is 1. The lowest BCUT2D eigenvalue weighted by Crippen LogP contribution is -2.16. The fourth-order valence-electron chi connectivity index (χ4n) is 2.19. The second-order valence-corrected chi connectivity index (χ2v) is 5.26. The topological polar surface area (TPSA) is 49.3 Å². The van der Waals surface area contributed by atoms with Crippen molar-refractivity contribution in [2.45, 2.75) is 25.9 Å². The molecule has 0 spiro atoms. The van der Waals surface area contributed by atoms with E-state index in [0.29, 0.717) is 24.1 Å². The number of alkyl halides is 3. The SMILES string of the molecule is CC(CNc1ccc(C(=O)O)c(C(F)(F)F)c1)C1CC1. The normalized spacial score (nSPS) is 16.8. The van der Waals surface area contributed by atoms with E-state index in [4.69, 9.17) is 5.11 Å². The van der Waals surface area contributed by atoms with E-state index in [1.54, 1.807) is 0 Å². The highest BCUT2D eigenvalue weighted by Crippen LogP contribution is 2.37. The first-order chi connectivity index (χ1) is 9.29. The van der Waals surface area contributed by atoms with E-state index in [9.17, 15) is 18.0 Å². The highest BCUT2D eigenvalue weighted by atomic mass is 19.4. The minimum Gasteiger partial charge on any atom is -0.478 e. The van der Waals surface area contributed by atoms with Crippen molar-refractivity contribution in [1.29, 1.82) is 0 Å². The van der Waals surface area contributed by atoms with Crippen LogP contribution in [0.1, 0.15) is 35.7 Å². The molecule has 0 radical (unpaired) electrons. The smallest absolute Gasteiger partial charge is 0.417 e. The molecule has 6 heteroatoms. The molecule has 1 aliphatic carbocycles. The molecule has 0 aliphatic heterocycles. The number of hydrogen-bond donors (Lipinski definition) is 2. The van der Waals surface area contributed by atoms with Crippen molar-refractivity contribution < 1.29 is 23.1 Å². The van der Waals surface area contributed by atoms with Gasteiger partial charge in [-0.25, -0.2) is 4.79 Å². The van der Waals surface area contributed by atoms with Crippen LogP contribution in [0.2, 0.25) is 0 Å². The molecule has 0 heterocycles. The zero-order valence-corrected chi connectivity index (χ0v) is 11.0. The van der Waals surface area contributed by atoms with Crippen LogP contribution < -0.4 is 5.32 Å². The summed E-state index contributed by atoms with van der Waals surface area (Å²) in [6, 6.07) is 3.23. The van der Waals surface area contributed by atoms with E-state index in [1.807, 2.05) is 0 Å². The van der Waals surface area contributed by atoms with Gasteiger partial charge in [0.1, 0.15) is 0 Å². The number of anilines is 1. The van der Waals surface area contributed by atoms with Crippen LogP contribution in [0.25, 0.3) is 0 Å². The summed E-state index contributed by atoms with van der Waals surface area (Å²) in [6.07, 6.45) is -2.32. The Hall–Kier alpha value is -1.72. The van der Waals surface area contributed by atoms with Gasteiger partial charge in [0.25, 0.3) is 0 Å². The van der Waals surface area contributed by atoms with Crippen LogP contribution in [0, 0.1) is 11.8 Å². The molecule has 0 saturated heterocycles. The van der Waals surface area contributed by atoms with Gasteiger partial charge in [-0.05, 0) is 42.9 Å². The van der Waals surface area contributed by atoms with Crippen LogP contribution in [0.3, 0.4) is 0 Å². The maximum atomic E-state index is 12.8. The highest BCUT2D eigenvalue weighted by molar-refractivity contribution is 5.90. The maximum absolute atomic E-state index is 12.8. The van der Waals surface area contributed by atoms with Crippen molar-refractivity contribution in [2.75, 3.05) is 11.9 Å². The highest BCUT2D eigenvalue weighted by Gasteiger charge is 2.35. The van der Waals surface area contributed by atoms with E-state index in [-0.39, 0.29) is 0 Å². The number of carbonyl (C=O) groups is 1. The van der Waals surface area contributed by atoms with E-state index >= 15 is 0 Å². The third-order valence-electron chi connectivity index (χ3n) is 3.61. The lowest BCUT2D eigenvalue weighted by Gasteiger charge is -2.15. The molecule has 2 rings (SSSR count). The third-order valence-corrected chi connectivity index (χ3v) is 3.61. The van der Waals surface area contributed by atoms with Gasteiger partial charge in [-0.3, -0.25) is 0 Å². The Bertz CT molecular complexity index is 510. The summed E-state index contributed by atoms with van der Waals surface area (Å²) in [6.45, 7) is 2.65. The molecule has 110 valence electrons. The quantitative estimate of drug-likeness (QED) is 0.864. The summed E-state index contributed by atoms with van der Waals surface area (Å²) >= 11 is 0. The minimum atomic E-state index is -4.67. The molecule has 1 saturated carbocycles. The van der Waals surface area contributed by atoms with Gasteiger partial charge >= 0.3 is 12.1 Å². The van der Waals surface area contributed by atoms with Gasteiger partial charge < -0.3 is 10.4 Å². The standard InChI is InChI=1S/C14H16F3NO2/c1-8(9-2-3-9)7-18-10-4-5-11(13(19)20)12(6-10)14(15,16)17/h4-6,8-9,18H,2-3,7H2,1H3,(H,19,20). The van der Waals surface area contributed by atoms with Crippen LogP contribution in [0.4, 0.5) is 18.9 Å². The first kappa shape index (κ1) is 14.7. The fourth-order valence-corrected chi connectivity index (χ4v) is 2.19. The summed E-state index contributed by atoms with van der Waals surface area (Å²) in [4.78, 5) is 10.8. The number of carboxylic acid groups (broad SMARTS) is 1. The monoisotopic (exact) mass is 287 g/mol. The Morgan fingerprint density at radius 2 is 2.10 bits per heavy atom. The molecular formula is C14H16F3NO2. The summed E-state index contributed by atoms with van der Waals surface area (Å²) in [5.74, 6) is -0.512.